The summed E-state index contributed by atoms with van der Waals surface area (Å²) in [4.78, 5) is 7.76. The average molecular weight is 303 g/mol. The molecule has 0 saturated heterocycles. The van der Waals surface area contributed by atoms with Crippen LogP contribution < -0.4 is 4.74 Å². The highest BCUT2D eigenvalue weighted by Crippen LogP contribution is 2.26. The highest BCUT2D eigenvalue weighted by Gasteiger charge is 2.09. The fourth-order valence-corrected chi connectivity index (χ4v) is 3.25. The van der Waals surface area contributed by atoms with Gasteiger partial charge in [0.1, 0.15) is 5.03 Å². The quantitative estimate of drug-likeness (QED) is 0.469. The molecular weight excluding hydrogens is 295 g/mol. The molecular formula is C7H8Cl2N2O3S2. The summed E-state index contributed by atoms with van der Waals surface area (Å²) in [7, 11) is 3.01. The number of halogens is 2. The number of hydrogen-bond donors (Lipinski definition) is 0. The van der Waals surface area contributed by atoms with E-state index in [0.717, 1.165) is 0 Å². The van der Waals surface area contributed by atoms with Gasteiger partial charge in [0.25, 0.3) is 0 Å². The molecule has 1 aromatic rings. The van der Waals surface area contributed by atoms with E-state index in [2.05, 4.69) is 9.97 Å². The summed E-state index contributed by atoms with van der Waals surface area (Å²) < 4.78 is 26.2. The Hall–Kier alpha value is -0.240. The van der Waals surface area contributed by atoms with Gasteiger partial charge in [-0.25, -0.2) is 13.4 Å². The third kappa shape index (κ3) is 4.73. The summed E-state index contributed by atoms with van der Waals surface area (Å²) in [6, 6.07) is 0.181. The Morgan fingerprint density at radius 3 is 2.81 bits per heavy atom. The van der Waals surface area contributed by atoms with Crippen LogP contribution in [0.1, 0.15) is 0 Å². The molecule has 5 nitrogen and oxygen atoms in total. The maximum absolute atomic E-state index is 10.7. The first-order valence-electron chi connectivity index (χ1n) is 4.04. The van der Waals surface area contributed by atoms with Crippen LogP contribution in [0.25, 0.3) is 0 Å². The Balaban J connectivity index is 2.66. The van der Waals surface area contributed by atoms with Crippen LogP contribution in [0, 0.1) is 0 Å². The van der Waals surface area contributed by atoms with Crippen LogP contribution in [0.15, 0.2) is 11.2 Å². The van der Waals surface area contributed by atoms with Gasteiger partial charge in [0.15, 0.2) is 0 Å². The van der Waals surface area contributed by atoms with Crippen LogP contribution >= 0.6 is 34.0 Å². The number of nitrogens with zero attached hydrogens (tertiary/aromatic N) is 2. The average Bonchev–Trinajstić information content (AvgIpc) is 2.19. The summed E-state index contributed by atoms with van der Waals surface area (Å²) in [5.41, 5.74) is 0. The standard InChI is InChI=1S/C7H8Cl2N2O3S2/c1-14-7-10-4-5(8)6(11-7)15-2-3-16(9,12)13/h4H,2-3H2,1H3. The Kier molecular flexibility index (Phi) is 5.10. The molecule has 0 fully saturated rings. The molecule has 1 rings (SSSR count). The van der Waals surface area contributed by atoms with Crippen molar-refractivity contribution >= 4 is 43.1 Å². The van der Waals surface area contributed by atoms with E-state index in [1.807, 2.05) is 0 Å². The summed E-state index contributed by atoms with van der Waals surface area (Å²) in [5.74, 6) is 0.119. The van der Waals surface area contributed by atoms with Crippen molar-refractivity contribution in [3.63, 3.8) is 0 Å². The second-order valence-corrected chi connectivity index (χ2v) is 6.99. The van der Waals surface area contributed by atoms with Gasteiger partial charge >= 0.3 is 6.01 Å². The molecule has 0 aromatic carbocycles. The lowest BCUT2D eigenvalue weighted by molar-refractivity contribution is 0.376. The molecule has 0 saturated carbocycles. The fourth-order valence-electron chi connectivity index (χ4n) is 0.774. The summed E-state index contributed by atoms with van der Waals surface area (Å²) >= 11 is 7.00. The van der Waals surface area contributed by atoms with Crippen molar-refractivity contribution in [2.24, 2.45) is 0 Å². The topological polar surface area (TPSA) is 69.2 Å². The molecule has 0 unspecified atom stereocenters. The van der Waals surface area contributed by atoms with Gasteiger partial charge in [-0.05, 0) is 0 Å². The number of rotatable bonds is 5. The van der Waals surface area contributed by atoms with Gasteiger partial charge in [0.05, 0.1) is 24.1 Å². The molecule has 0 aliphatic rings. The molecule has 0 atom stereocenters. The Morgan fingerprint density at radius 2 is 2.25 bits per heavy atom. The van der Waals surface area contributed by atoms with E-state index in [-0.39, 0.29) is 17.5 Å². The lowest BCUT2D eigenvalue weighted by Crippen LogP contribution is -2.00. The Bertz CT molecular complexity index is 467. The van der Waals surface area contributed by atoms with Crippen LogP contribution in [0.3, 0.4) is 0 Å². The smallest absolute Gasteiger partial charge is 0.317 e. The lowest BCUT2D eigenvalue weighted by Gasteiger charge is -2.03. The van der Waals surface area contributed by atoms with Crippen LogP contribution in [0.2, 0.25) is 5.02 Å². The zero-order valence-corrected chi connectivity index (χ0v) is 11.3. The molecule has 0 bridgehead atoms. The van der Waals surface area contributed by atoms with Crippen LogP contribution in [0.4, 0.5) is 0 Å². The molecule has 0 N–H and O–H groups in total. The molecule has 1 aromatic heterocycles. The third-order valence-corrected chi connectivity index (χ3v) is 4.23. The van der Waals surface area contributed by atoms with E-state index in [4.69, 9.17) is 27.0 Å². The van der Waals surface area contributed by atoms with Crippen LogP contribution in [-0.2, 0) is 9.05 Å². The predicted molar refractivity (Wildman–Crippen MR) is 64.0 cm³/mol. The van der Waals surface area contributed by atoms with E-state index in [1.165, 1.54) is 25.1 Å². The van der Waals surface area contributed by atoms with E-state index < -0.39 is 9.05 Å². The van der Waals surface area contributed by atoms with Crippen LogP contribution in [0.5, 0.6) is 6.01 Å². The summed E-state index contributed by atoms with van der Waals surface area (Å²) in [6.07, 6.45) is 1.39. The van der Waals surface area contributed by atoms with Crippen molar-refractivity contribution in [3.8, 4) is 6.01 Å². The minimum atomic E-state index is -3.49. The molecule has 9 heteroatoms. The second-order valence-electron chi connectivity index (χ2n) is 2.60. The van der Waals surface area contributed by atoms with E-state index in [9.17, 15) is 8.42 Å². The normalized spacial score (nSPS) is 11.4. The number of methoxy groups -OCH3 is 1. The van der Waals surface area contributed by atoms with Gasteiger partial charge in [-0.1, -0.05) is 11.6 Å². The number of hydrogen-bond acceptors (Lipinski definition) is 6. The highest BCUT2D eigenvalue weighted by molar-refractivity contribution is 8.14. The zero-order valence-electron chi connectivity index (χ0n) is 8.18. The first kappa shape index (κ1) is 13.8. The Labute approximate surface area is 107 Å². The first-order valence-corrected chi connectivity index (χ1v) is 7.88. The SMILES string of the molecule is COc1ncc(Cl)c(SCCS(=O)(=O)Cl)n1. The van der Waals surface area contributed by atoms with Crippen molar-refractivity contribution < 1.29 is 13.2 Å². The lowest BCUT2D eigenvalue weighted by atomic mass is 10.7. The third-order valence-electron chi connectivity index (χ3n) is 1.44. The van der Waals surface area contributed by atoms with Gasteiger partial charge in [-0.3, -0.25) is 0 Å². The van der Waals surface area contributed by atoms with Gasteiger partial charge in [0, 0.05) is 16.4 Å². The molecule has 90 valence electrons. The molecule has 0 radical (unpaired) electrons. The maximum Gasteiger partial charge on any atom is 0.317 e. The molecule has 0 spiro atoms. The van der Waals surface area contributed by atoms with Crippen molar-refractivity contribution in [2.75, 3.05) is 18.6 Å². The number of thioether (sulfide) groups is 1. The maximum atomic E-state index is 10.7. The van der Waals surface area contributed by atoms with Gasteiger partial charge in [-0.2, -0.15) is 4.98 Å². The first-order chi connectivity index (χ1) is 7.42. The van der Waals surface area contributed by atoms with E-state index >= 15 is 0 Å². The zero-order chi connectivity index (χ0) is 12.2. The van der Waals surface area contributed by atoms with Crippen molar-refractivity contribution in [1.29, 1.82) is 0 Å². The molecule has 0 amide bonds. The largest absolute Gasteiger partial charge is 0.467 e. The van der Waals surface area contributed by atoms with Gasteiger partial charge < -0.3 is 4.74 Å². The molecule has 0 aliphatic carbocycles. The Morgan fingerprint density at radius 1 is 1.56 bits per heavy atom. The van der Waals surface area contributed by atoms with Crippen molar-refractivity contribution in [2.45, 2.75) is 5.03 Å². The van der Waals surface area contributed by atoms with E-state index in [1.54, 1.807) is 0 Å². The summed E-state index contributed by atoms with van der Waals surface area (Å²) in [5, 5.41) is 0.812. The van der Waals surface area contributed by atoms with Crippen molar-refractivity contribution in [1.82, 2.24) is 9.97 Å². The molecule has 1 heterocycles. The van der Waals surface area contributed by atoms with Crippen molar-refractivity contribution in [3.05, 3.63) is 11.2 Å². The minimum Gasteiger partial charge on any atom is -0.467 e. The monoisotopic (exact) mass is 302 g/mol. The second kappa shape index (κ2) is 5.90. The molecule has 0 aliphatic heterocycles. The van der Waals surface area contributed by atoms with Gasteiger partial charge in [0.2, 0.25) is 9.05 Å². The van der Waals surface area contributed by atoms with E-state index in [0.29, 0.717) is 10.0 Å². The summed E-state index contributed by atoms with van der Waals surface area (Å²) in [6.45, 7) is 0. The number of ether oxygens (including phenoxy) is 1. The minimum absolute atomic E-state index is 0.151. The predicted octanol–water partition coefficient (Wildman–Crippen LogP) is 1.80. The fraction of sp³-hybridized carbons (Fsp3) is 0.429. The highest BCUT2D eigenvalue weighted by atomic mass is 35.7. The number of aromatic nitrogens is 2. The molecule has 16 heavy (non-hydrogen) atoms. The van der Waals surface area contributed by atoms with Crippen LogP contribution in [-0.4, -0.2) is 37.0 Å². The van der Waals surface area contributed by atoms with Gasteiger partial charge in [-0.15, -0.1) is 11.8 Å².